The van der Waals surface area contributed by atoms with Crippen molar-refractivity contribution in [3.63, 3.8) is 0 Å². The van der Waals surface area contributed by atoms with E-state index in [0.29, 0.717) is 20.4 Å². The Balaban J connectivity index is 2.09. The average Bonchev–Trinajstić information content (AvgIpc) is 2.94. The maximum absolute atomic E-state index is 12.6. The number of benzene rings is 2. The normalized spacial score (nSPS) is 11.7. The van der Waals surface area contributed by atoms with Gasteiger partial charge in [-0.05, 0) is 37.1 Å². The summed E-state index contributed by atoms with van der Waals surface area (Å²) in [5.41, 5.74) is 3.86. The molecule has 0 spiro atoms. The number of nitrogens with zero attached hydrogens (tertiary/aromatic N) is 2. The number of fused-ring (bicyclic) bond motifs is 1. The molecule has 0 saturated carbocycles. The molecule has 1 aromatic heterocycles. The van der Waals surface area contributed by atoms with E-state index in [-0.39, 0.29) is 18.9 Å². The number of rotatable bonds is 3. The number of hydrogen-bond acceptors (Lipinski definition) is 2. The lowest BCUT2D eigenvalue weighted by atomic mass is 10.0. The number of aryl methyl sites for hydroxylation is 2. The highest BCUT2D eigenvalue weighted by atomic mass is 35.5. The molecule has 26 heavy (non-hydrogen) atoms. The van der Waals surface area contributed by atoms with Gasteiger partial charge in [-0.25, -0.2) is 0 Å². The van der Waals surface area contributed by atoms with Crippen molar-refractivity contribution in [1.82, 2.24) is 4.57 Å². The second-order valence-corrected chi connectivity index (χ2v) is 7.79. The molecule has 0 saturated heterocycles. The third kappa shape index (κ3) is 3.71. The van der Waals surface area contributed by atoms with Crippen LogP contribution in [-0.4, -0.2) is 10.5 Å². The van der Waals surface area contributed by atoms with Crippen LogP contribution in [0.15, 0.2) is 35.3 Å². The van der Waals surface area contributed by atoms with E-state index in [4.69, 9.17) is 29.6 Å². The predicted molar refractivity (Wildman–Crippen MR) is 109 cm³/mol. The van der Waals surface area contributed by atoms with Crippen molar-refractivity contribution in [1.29, 1.82) is 0 Å². The Kier molecular flexibility index (Phi) is 5.52. The van der Waals surface area contributed by atoms with E-state index >= 15 is 0 Å². The summed E-state index contributed by atoms with van der Waals surface area (Å²) in [4.78, 5) is 17.4. The first-order valence-electron chi connectivity index (χ1n) is 7.95. The molecule has 6 heteroatoms. The van der Waals surface area contributed by atoms with Crippen LogP contribution >= 0.6 is 34.5 Å². The number of carbonyl (C=O) groups excluding carboxylic acids is 1. The van der Waals surface area contributed by atoms with Crippen LogP contribution in [0.2, 0.25) is 10.0 Å². The van der Waals surface area contributed by atoms with E-state index in [1.807, 2.05) is 32.0 Å². The molecule has 0 bridgehead atoms. The Labute approximate surface area is 165 Å². The molecule has 0 aliphatic carbocycles. The molecule has 0 N–H and O–H groups in total. The van der Waals surface area contributed by atoms with Gasteiger partial charge >= 0.3 is 0 Å². The number of amides is 1. The van der Waals surface area contributed by atoms with Crippen LogP contribution in [0.4, 0.5) is 0 Å². The zero-order valence-corrected chi connectivity index (χ0v) is 16.7. The number of thiazole rings is 1. The summed E-state index contributed by atoms with van der Waals surface area (Å²) >= 11 is 13.9. The Morgan fingerprint density at radius 1 is 1.23 bits per heavy atom. The Morgan fingerprint density at radius 2 is 1.96 bits per heavy atom. The third-order valence-corrected chi connectivity index (χ3v) is 5.89. The summed E-state index contributed by atoms with van der Waals surface area (Å²) in [7, 11) is 0. The van der Waals surface area contributed by atoms with Crippen LogP contribution in [-0.2, 0) is 17.8 Å². The first kappa shape index (κ1) is 18.7. The highest BCUT2D eigenvalue weighted by molar-refractivity contribution is 7.17. The topological polar surface area (TPSA) is 34.4 Å². The fourth-order valence-corrected chi connectivity index (χ4v) is 4.40. The largest absolute Gasteiger partial charge is 0.303 e. The standard InChI is InChI=1S/C20H16Cl2N2OS/c1-4-9-24-18-15(21)7-8-16(22)19(18)26-20(24)23-17(25)11-14-10-12(2)5-6-13(14)3/h1,5-8,10H,9,11H2,2-3H3. The predicted octanol–water partition coefficient (Wildman–Crippen LogP) is 4.93. The highest BCUT2D eigenvalue weighted by Crippen LogP contribution is 2.31. The molecule has 0 aliphatic heterocycles. The fourth-order valence-electron chi connectivity index (χ4n) is 2.73. The molecule has 3 aromatic rings. The molecule has 0 atom stereocenters. The number of carbonyl (C=O) groups is 1. The second kappa shape index (κ2) is 7.67. The van der Waals surface area contributed by atoms with E-state index in [9.17, 15) is 4.79 Å². The van der Waals surface area contributed by atoms with E-state index in [1.54, 1.807) is 16.7 Å². The van der Waals surface area contributed by atoms with Gasteiger partial charge in [-0.3, -0.25) is 4.79 Å². The van der Waals surface area contributed by atoms with E-state index in [0.717, 1.165) is 21.4 Å². The zero-order chi connectivity index (χ0) is 18.8. The monoisotopic (exact) mass is 402 g/mol. The maximum atomic E-state index is 12.6. The average molecular weight is 403 g/mol. The molecular weight excluding hydrogens is 387 g/mol. The molecule has 0 radical (unpaired) electrons. The zero-order valence-electron chi connectivity index (χ0n) is 14.3. The number of hydrogen-bond donors (Lipinski definition) is 0. The van der Waals surface area contributed by atoms with Gasteiger partial charge in [0.15, 0.2) is 4.80 Å². The van der Waals surface area contributed by atoms with Gasteiger partial charge in [-0.1, -0.05) is 64.2 Å². The molecule has 0 fully saturated rings. The lowest BCUT2D eigenvalue weighted by molar-refractivity contribution is -0.117. The summed E-state index contributed by atoms with van der Waals surface area (Å²) in [5, 5.41) is 1.09. The summed E-state index contributed by atoms with van der Waals surface area (Å²) in [6.45, 7) is 4.25. The molecule has 1 amide bonds. The Hall–Kier alpha value is -2.06. The fraction of sp³-hybridized carbons (Fsp3) is 0.200. The van der Waals surface area contributed by atoms with Gasteiger partial charge in [0.2, 0.25) is 0 Å². The van der Waals surface area contributed by atoms with Crippen LogP contribution in [0.5, 0.6) is 0 Å². The van der Waals surface area contributed by atoms with Gasteiger partial charge in [-0.2, -0.15) is 4.99 Å². The van der Waals surface area contributed by atoms with Gasteiger partial charge in [0.25, 0.3) is 5.91 Å². The molecule has 0 unspecified atom stereocenters. The van der Waals surface area contributed by atoms with Gasteiger partial charge in [0.05, 0.1) is 33.2 Å². The minimum absolute atomic E-state index is 0.233. The first-order chi connectivity index (χ1) is 12.4. The van der Waals surface area contributed by atoms with E-state index in [1.165, 1.54) is 11.3 Å². The van der Waals surface area contributed by atoms with Crippen molar-refractivity contribution >= 4 is 50.7 Å². The van der Waals surface area contributed by atoms with Crippen molar-refractivity contribution in [3.05, 3.63) is 61.9 Å². The van der Waals surface area contributed by atoms with Crippen LogP contribution < -0.4 is 4.80 Å². The minimum Gasteiger partial charge on any atom is -0.303 e. The molecule has 3 rings (SSSR count). The molecular formula is C20H16Cl2N2OS. The summed E-state index contributed by atoms with van der Waals surface area (Å²) in [6.07, 6.45) is 5.73. The number of aromatic nitrogens is 1. The number of terminal acetylenes is 1. The van der Waals surface area contributed by atoms with Crippen LogP contribution in [0.25, 0.3) is 10.2 Å². The van der Waals surface area contributed by atoms with Gasteiger partial charge in [0.1, 0.15) is 0 Å². The van der Waals surface area contributed by atoms with Gasteiger partial charge in [0, 0.05) is 0 Å². The lowest BCUT2D eigenvalue weighted by Crippen LogP contribution is -2.17. The Bertz CT molecular complexity index is 1120. The quantitative estimate of drug-likeness (QED) is 0.571. The molecule has 1 heterocycles. The smallest absolute Gasteiger partial charge is 0.252 e. The summed E-state index contributed by atoms with van der Waals surface area (Å²) in [6, 6.07) is 9.49. The van der Waals surface area contributed by atoms with Crippen molar-refractivity contribution < 1.29 is 4.79 Å². The van der Waals surface area contributed by atoms with Crippen LogP contribution in [0, 0.1) is 26.2 Å². The van der Waals surface area contributed by atoms with Crippen molar-refractivity contribution in [2.45, 2.75) is 26.8 Å². The van der Waals surface area contributed by atoms with Gasteiger partial charge in [-0.15, -0.1) is 6.42 Å². The minimum atomic E-state index is -0.233. The SMILES string of the molecule is C#CCn1c(=NC(=O)Cc2cc(C)ccc2C)sc2c(Cl)ccc(Cl)c21. The van der Waals surface area contributed by atoms with Crippen LogP contribution in [0.1, 0.15) is 16.7 Å². The van der Waals surface area contributed by atoms with Gasteiger partial charge < -0.3 is 4.57 Å². The lowest BCUT2D eigenvalue weighted by Gasteiger charge is -2.05. The van der Waals surface area contributed by atoms with Crippen molar-refractivity contribution in [3.8, 4) is 12.3 Å². The summed E-state index contributed by atoms with van der Waals surface area (Å²) in [5.74, 6) is 2.35. The summed E-state index contributed by atoms with van der Waals surface area (Å²) < 4.78 is 2.53. The van der Waals surface area contributed by atoms with Crippen molar-refractivity contribution in [2.24, 2.45) is 4.99 Å². The number of halogens is 2. The van der Waals surface area contributed by atoms with E-state index < -0.39 is 0 Å². The third-order valence-electron chi connectivity index (χ3n) is 4.04. The maximum Gasteiger partial charge on any atom is 0.252 e. The van der Waals surface area contributed by atoms with E-state index in [2.05, 4.69) is 10.9 Å². The van der Waals surface area contributed by atoms with Crippen molar-refractivity contribution in [2.75, 3.05) is 0 Å². The Morgan fingerprint density at radius 3 is 2.69 bits per heavy atom. The molecule has 132 valence electrons. The second-order valence-electron chi connectivity index (χ2n) is 5.99. The first-order valence-corrected chi connectivity index (χ1v) is 9.52. The highest BCUT2D eigenvalue weighted by Gasteiger charge is 2.14. The van der Waals surface area contributed by atoms with Crippen LogP contribution in [0.3, 0.4) is 0 Å². The molecule has 2 aromatic carbocycles. The molecule has 0 aliphatic rings. The molecule has 3 nitrogen and oxygen atoms in total.